The third-order valence-corrected chi connectivity index (χ3v) is 2.36. The van der Waals surface area contributed by atoms with Gasteiger partial charge in [-0.05, 0) is 6.92 Å². The minimum atomic E-state index is 0.622. The van der Waals surface area contributed by atoms with Gasteiger partial charge >= 0.3 is 0 Å². The largest absolute Gasteiger partial charge is 0.322 e. The van der Waals surface area contributed by atoms with Crippen LogP contribution in [0, 0.1) is 0 Å². The molecule has 0 saturated carbocycles. The molecule has 0 amide bonds. The van der Waals surface area contributed by atoms with Crippen molar-refractivity contribution in [2.24, 2.45) is 0 Å². The van der Waals surface area contributed by atoms with Gasteiger partial charge < -0.3 is 4.57 Å². The van der Waals surface area contributed by atoms with Crippen LogP contribution in [-0.2, 0) is 6.54 Å². The summed E-state index contributed by atoms with van der Waals surface area (Å²) in [6.07, 6.45) is 2.45. The van der Waals surface area contributed by atoms with Gasteiger partial charge in [0.1, 0.15) is 11.5 Å². The van der Waals surface area contributed by atoms with Crippen LogP contribution in [0.4, 0.5) is 0 Å². The molecule has 0 radical (unpaired) electrons. The monoisotopic (exact) mass is 200 g/mol. The van der Waals surface area contributed by atoms with Crippen molar-refractivity contribution in [2.75, 3.05) is 0 Å². The summed E-state index contributed by atoms with van der Waals surface area (Å²) < 4.78 is 1.91. The Morgan fingerprint density at radius 2 is 2.07 bits per heavy atom. The SMILES string of the molecule is CCn1c(C=O)cnc1-c1ccccc1. The predicted octanol–water partition coefficient (Wildman–Crippen LogP) is 2.38. The van der Waals surface area contributed by atoms with Crippen molar-refractivity contribution in [1.82, 2.24) is 9.55 Å². The van der Waals surface area contributed by atoms with Crippen LogP contribution in [-0.4, -0.2) is 15.8 Å². The first-order chi connectivity index (χ1) is 7.36. The topological polar surface area (TPSA) is 34.9 Å². The van der Waals surface area contributed by atoms with Crippen molar-refractivity contribution in [2.45, 2.75) is 13.5 Å². The van der Waals surface area contributed by atoms with Crippen molar-refractivity contribution in [3.63, 3.8) is 0 Å². The van der Waals surface area contributed by atoms with E-state index in [4.69, 9.17) is 0 Å². The number of hydrogen-bond acceptors (Lipinski definition) is 2. The van der Waals surface area contributed by atoms with E-state index >= 15 is 0 Å². The second-order valence-corrected chi connectivity index (χ2v) is 3.23. The Labute approximate surface area is 88.4 Å². The number of carbonyl (C=O) groups is 1. The van der Waals surface area contributed by atoms with E-state index in [0.717, 1.165) is 24.2 Å². The maximum Gasteiger partial charge on any atom is 0.168 e. The third kappa shape index (κ3) is 1.68. The average molecular weight is 200 g/mol. The van der Waals surface area contributed by atoms with Gasteiger partial charge in [-0.3, -0.25) is 4.79 Å². The Bertz CT molecular complexity index is 460. The lowest BCUT2D eigenvalue weighted by atomic mass is 10.2. The minimum Gasteiger partial charge on any atom is -0.322 e. The molecule has 15 heavy (non-hydrogen) atoms. The number of aldehydes is 1. The Hall–Kier alpha value is -1.90. The molecule has 0 aliphatic rings. The van der Waals surface area contributed by atoms with Gasteiger partial charge in [-0.15, -0.1) is 0 Å². The van der Waals surface area contributed by atoms with E-state index in [-0.39, 0.29) is 0 Å². The Kier molecular flexibility index (Phi) is 2.63. The fraction of sp³-hybridized carbons (Fsp3) is 0.167. The van der Waals surface area contributed by atoms with Gasteiger partial charge in [0.25, 0.3) is 0 Å². The number of imidazole rings is 1. The summed E-state index contributed by atoms with van der Waals surface area (Å²) in [5.74, 6) is 0.847. The molecule has 0 spiro atoms. The third-order valence-electron chi connectivity index (χ3n) is 2.36. The molecular formula is C12H12N2O. The number of hydrogen-bond donors (Lipinski definition) is 0. The number of aromatic nitrogens is 2. The standard InChI is InChI=1S/C12H12N2O/c1-2-14-11(9-15)8-13-12(14)10-6-4-3-5-7-10/h3-9H,2H2,1H3. The van der Waals surface area contributed by atoms with Crippen molar-refractivity contribution < 1.29 is 4.79 Å². The Morgan fingerprint density at radius 3 is 2.67 bits per heavy atom. The lowest BCUT2D eigenvalue weighted by Gasteiger charge is -2.05. The molecule has 0 atom stereocenters. The normalized spacial score (nSPS) is 10.2. The highest BCUT2D eigenvalue weighted by Crippen LogP contribution is 2.18. The number of carbonyl (C=O) groups excluding carboxylic acids is 1. The van der Waals surface area contributed by atoms with Gasteiger partial charge in [0.15, 0.2) is 6.29 Å². The van der Waals surface area contributed by atoms with E-state index in [1.807, 2.05) is 41.8 Å². The smallest absolute Gasteiger partial charge is 0.168 e. The zero-order valence-corrected chi connectivity index (χ0v) is 8.55. The fourth-order valence-electron chi connectivity index (χ4n) is 1.63. The molecule has 0 fully saturated rings. The summed E-state index contributed by atoms with van der Waals surface area (Å²) >= 11 is 0. The maximum absolute atomic E-state index is 10.8. The van der Waals surface area contributed by atoms with E-state index < -0.39 is 0 Å². The fourth-order valence-corrected chi connectivity index (χ4v) is 1.63. The predicted molar refractivity (Wildman–Crippen MR) is 58.7 cm³/mol. The van der Waals surface area contributed by atoms with E-state index in [9.17, 15) is 4.79 Å². The quantitative estimate of drug-likeness (QED) is 0.713. The molecule has 0 aliphatic carbocycles. The average Bonchev–Trinajstić information content (AvgIpc) is 2.72. The van der Waals surface area contributed by atoms with Crippen LogP contribution in [0.1, 0.15) is 17.4 Å². The van der Waals surface area contributed by atoms with Gasteiger partial charge in [-0.25, -0.2) is 4.98 Å². The number of rotatable bonds is 3. The molecule has 1 aromatic heterocycles. The highest BCUT2D eigenvalue weighted by molar-refractivity contribution is 5.74. The van der Waals surface area contributed by atoms with Crippen LogP contribution in [0.3, 0.4) is 0 Å². The van der Waals surface area contributed by atoms with Gasteiger partial charge in [0.05, 0.1) is 6.20 Å². The first-order valence-electron chi connectivity index (χ1n) is 4.93. The first-order valence-corrected chi connectivity index (χ1v) is 4.93. The first kappa shape index (κ1) is 9.65. The molecule has 3 heteroatoms. The molecule has 0 N–H and O–H groups in total. The van der Waals surface area contributed by atoms with E-state index in [1.54, 1.807) is 6.20 Å². The molecule has 2 rings (SSSR count). The zero-order chi connectivity index (χ0) is 10.7. The van der Waals surface area contributed by atoms with Crippen LogP contribution in [0.25, 0.3) is 11.4 Å². The summed E-state index contributed by atoms with van der Waals surface area (Å²) in [7, 11) is 0. The Morgan fingerprint density at radius 1 is 1.33 bits per heavy atom. The van der Waals surface area contributed by atoms with Crippen molar-refractivity contribution in [3.8, 4) is 11.4 Å². The van der Waals surface area contributed by atoms with Crippen molar-refractivity contribution >= 4 is 6.29 Å². The molecular weight excluding hydrogens is 188 g/mol. The molecule has 1 aromatic carbocycles. The minimum absolute atomic E-state index is 0.622. The summed E-state index contributed by atoms with van der Waals surface area (Å²) in [5.41, 5.74) is 1.66. The van der Waals surface area contributed by atoms with Gasteiger partial charge in [0.2, 0.25) is 0 Å². The van der Waals surface area contributed by atoms with Gasteiger partial charge in [-0.1, -0.05) is 30.3 Å². The van der Waals surface area contributed by atoms with E-state index in [1.165, 1.54) is 0 Å². The summed E-state index contributed by atoms with van der Waals surface area (Å²) in [5, 5.41) is 0. The molecule has 0 bridgehead atoms. The molecule has 2 aromatic rings. The highest BCUT2D eigenvalue weighted by atomic mass is 16.1. The zero-order valence-electron chi connectivity index (χ0n) is 8.55. The summed E-state index contributed by atoms with van der Waals surface area (Å²) in [6, 6.07) is 9.87. The van der Waals surface area contributed by atoms with Crippen LogP contribution < -0.4 is 0 Å². The molecule has 3 nitrogen and oxygen atoms in total. The van der Waals surface area contributed by atoms with Crippen molar-refractivity contribution in [1.29, 1.82) is 0 Å². The van der Waals surface area contributed by atoms with Gasteiger partial charge in [0, 0.05) is 12.1 Å². The summed E-state index contributed by atoms with van der Waals surface area (Å²) in [4.78, 5) is 15.0. The van der Waals surface area contributed by atoms with Crippen molar-refractivity contribution in [3.05, 3.63) is 42.2 Å². The van der Waals surface area contributed by atoms with E-state index in [0.29, 0.717) is 5.69 Å². The molecule has 0 aliphatic heterocycles. The number of benzene rings is 1. The molecule has 76 valence electrons. The van der Waals surface area contributed by atoms with Crippen LogP contribution >= 0.6 is 0 Å². The number of nitrogens with zero attached hydrogens (tertiary/aromatic N) is 2. The Balaban J connectivity index is 2.54. The van der Waals surface area contributed by atoms with E-state index in [2.05, 4.69) is 4.98 Å². The lowest BCUT2D eigenvalue weighted by molar-refractivity contribution is 0.111. The second-order valence-electron chi connectivity index (χ2n) is 3.23. The maximum atomic E-state index is 10.8. The highest BCUT2D eigenvalue weighted by Gasteiger charge is 2.08. The van der Waals surface area contributed by atoms with Crippen LogP contribution in [0.2, 0.25) is 0 Å². The second kappa shape index (κ2) is 4.09. The van der Waals surface area contributed by atoms with Crippen LogP contribution in [0.15, 0.2) is 36.5 Å². The molecule has 0 unspecified atom stereocenters. The molecule has 0 saturated heterocycles. The molecule has 1 heterocycles. The van der Waals surface area contributed by atoms with Crippen LogP contribution in [0.5, 0.6) is 0 Å². The van der Waals surface area contributed by atoms with Gasteiger partial charge in [-0.2, -0.15) is 0 Å². The lowest BCUT2D eigenvalue weighted by Crippen LogP contribution is -2.01. The summed E-state index contributed by atoms with van der Waals surface area (Å²) in [6.45, 7) is 2.75.